The third-order valence-corrected chi connectivity index (χ3v) is 5.58. The van der Waals surface area contributed by atoms with Crippen LogP contribution in [-0.2, 0) is 14.3 Å². The van der Waals surface area contributed by atoms with Crippen molar-refractivity contribution in [2.24, 2.45) is 11.8 Å². The number of carbonyl (C=O) groups is 3. The van der Waals surface area contributed by atoms with Crippen molar-refractivity contribution in [2.45, 2.75) is 52.4 Å². The van der Waals surface area contributed by atoms with Crippen LogP contribution < -0.4 is 5.32 Å². The SMILES string of the molecule is CCCOC(=O)c1cccc(NCC2CC2)c1F.CCCOC(=O)c1cccc([N+](=O)[O-])c1F.O=CC1CC1. The van der Waals surface area contributed by atoms with Gasteiger partial charge < -0.3 is 19.6 Å². The molecule has 39 heavy (non-hydrogen) atoms. The van der Waals surface area contributed by atoms with Gasteiger partial charge in [0.15, 0.2) is 5.82 Å². The molecule has 0 saturated heterocycles. The summed E-state index contributed by atoms with van der Waals surface area (Å²) in [4.78, 5) is 42.1. The normalized spacial score (nSPS) is 13.5. The Morgan fingerprint density at radius 3 is 1.92 bits per heavy atom. The van der Waals surface area contributed by atoms with Gasteiger partial charge >= 0.3 is 17.6 Å². The van der Waals surface area contributed by atoms with Crippen LogP contribution >= 0.6 is 0 Å². The molecule has 2 aliphatic carbocycles. The number of hydrogen-bond acceptors (Lipinski definition) is 8. The summed E-state index contributed by atoms with van der Waals surface area (Å²) < 4.78 is 37.2. The van der Waals surface area contributed by atoms with Crippen LogP contribution in [0, 0.1) is 33.6 Å². The monoisotopic (exact) mass is 548 g/mol. The van der Waals surface area contributed by atoms with E-state index in [9.17, 15) is 33.3 Å². The summed E-state index contributed by atoms with van der Waals surface area (Å²) in [6, 6.07) is 8.15. The first-order valence-electron chi connectivity index (χ1n) is 13.0. The van der Waals surface area contributed by atoms with Crippen LogP contribution in [0.4, 0.5) is 20.2 Å². The zero-order chi connectivity index (χ0) is 28.8. The molecule has 2 aromatic rings. The Labute approximate surface area is 226 Å². The van der Waals surface area contributed by atoms with E-state index in [1.807, 2.05) is 6.92 Å². The largest absolute Gasteiger partial charge is 0.462 e. The molecule has 0 heterocycles. The molecule has 11 heteroatoms. The highest BCUT2D eigenvalue weighted by atomic mass is 19.1. The van der Waals surface area contributed by atoms with E-state index < -0.39 is 39.7 Å². The molecule has 0 aliphatic heterocycles. The number of aldehydes is 1. The van der Waals surface area contributed by atoms with Gasteiger partial charge in [-0.05, 0) is 62.6 Å². The number of rotatable bonds is 11. The molecule has 0 bridgehead atoms. The fourth-order valence-electron chi connectivity index (χ4n) is 3.00. The number of ether oxygens (including phenoxy) is 2. The Morgan fingerprint density at radius 1 is 0.949 bits per heavy atom. The van der Waals surface area contributed by atoms with Crippen LogP contribution in [-0.4, -0.2) is 42.9 Å². The molecular weight excluding hydrogens is 514 g/mol. The van der Waals surface area contributed by atoms with Gasteiger partial charge in [0.25, 0.3) is 0 Å². The van der Waals surface area contributed by atoms with Gasteiger partial charge in [-0.2, -0.15) is 4.39 Å². The Hall–Kier alpha value is -3.89. The minimum absolute atomic E-state index is 0.00393. The molecule has 2 fully saturated rings. The van der Waals surface area contributed by atoms with Crippen LogP contribution in [0.3, 0.4) is 0 Å². The van der Waals surface area contributed by atoms with E-state index in [1.165, 1.54) is 25.0 Å². The quantitative estimate of drug-likeness (QED) is 0.154. The Balaban J connectivity index is 0.000000233. The topological polar surface area (TPSA) is 125 Å². The summed E-state index contributed by atoms with van der Waals surface area (Å²) >= 11 is 0. The van der Waals surface area contributed by atoms with Gasteiger partial charge in [-0.1, -0.05) is 26.0 Å². The molecule has 2 aliphatic rings. The third kappa shape index (κ3) is 10.8. The first kappa shape index (κ1) is 31.3. The zero-order valence-electron chi connectivity index (χ0n) is 22.1. The molecule has 1 N–H and O–H groups in total. The maximum absolute atomic E-state index is 14.1. The average Bonchev–Trinajstić information content (AvgIpc) is 3.85. The molecule has 212 valence electrons. The van der Waals surface area contributed by atoms with Gasteiger partial charge in [0.2, 0.25) is 5.82 Å². The van der Waals surface area contributed by atoms with E-state index in [1.54, 1.807) is 19.1 Å². The van der Waals surface area contributed by atoms with Gasteiger partial charge in [-0.25, -0.2) is 14.0 Å². The fraction of sp³-hybridized carbons (Fsp3) is 0.464. The van der Waals surface area contributed by atoms with Crippen molar-refractivity contribution in [3.05, 3.63) is 69.3 Å². The number of nitrogens with zero attached hydrogens (tertiary/aromatic N) is 1. The van der Waals surface area contributed by atoms with Crippen LogP contribution in [0.5, 0.6) is 0 Å². The van der Waals surface area contributed by atoms with E-state index in [4.69, 9.17) is 9.47 Å². The van der Waals surface area contributed by atoms with E-state index in [2.05, 4.69) is 5.32 Å². The van der Waals surface area contributed by atoms with Crippen LogP contribution in [0.1, 0.15) is 73.1 Å². The molecule has 0 aromatic heterocycles. The number of nitro benzene ring substituents is 1. The highest BCUT2D eigenvalue weighted by Gasteiger charge is 2.23. The molecule has 2 saturated carbocycles. The third-order valence-electron chi connectivity index (χ3n) is 5.58. The standard InChI is InChI=1S/C14H18FNO2.C10H10FNO4.C4H6O/c1-2-8-18-14(17)11-4-3-5-12(13(11)15)16-9-10-6-7-10;1-2-6-16-10(13)7-4-3-5-8(9(7)11)12(14)15;5-3-4-1-2-4/h3-5,10,16H,2,6-9H2,1H3;3-5H,2,6H2,1H3;3-4H,1-2H2. The van der Waals surface area contributed by atoms with Crippen molar-refractivity contribution in [2.75, 3.05) is 25.1 Å². The van der Waals surface area contributed by atoms with Crippen molar-refractivity contribution in [3.8, 4) is 0 Å². The smallest absolute Gasteiger partial charge is 0.341 e. The number of nitro groups is 1. The summed E-state index contributed by atoms with van der Waals surface area (Å²) in [5.74, 6) is -2.05. The average molecular weight is 549 g/mol. The lowest BCUT2D eigenvalue weighted by molar-refractivity contribution is -0.387. The first-order chi connectivity index (χ1) is 18.7. The minimum Gasteiger partial charge on any atom is -0.462 e. The Morgan fingerprint density at radius 2 is 1.49 bits per heavy atom. The summed E-state index contributed by atoms with van der Waals surface area (Å²) in [6.45, 7) is 4.93. The number of esters is 2. The van der Waals surface area contributed by atoms with Gasteiger partial charge in [0, 0.05) is 18.5 Å². The fourth-order valence-corrected chi connectivity index (χ4v) is 3.00. The molecule has 9 nitrogen and oxygen atoms in total. The second kappa shape index (κ2) is 16.2. The Bertz CT molecular complexity index is 1130. The molecule has 0 unspecified atom stereocenters. The number of halogens is 2. The van der Waals surface area contributed by atoms with E-state index in [0.717, 1.165) is 44.2 Å². The predicted octanol–water partition coefficient (Wildman–Crippen LogP) is 6.11. The number of benzene rings is 2. The lowest BCUT2D eigenvalue weighted by atomic mass is 10.2. The summed E-state index contributed by atoms with van der Waals surface area (Å²) in [6.07, 6.45) is 7.04. The van der Waals surface area contributed by atoms with E-state index >= 15 is 0 Å². The summed E-state index contributed by atoms with van der Waals surface area (Å²) in [7, 11) is 0. The number of nitrogens with one attached hydrogen (secondary N) is 1. The predicted molar refractivity (Wildman–Crippen MR) is 141 cm³/mol. The van der Waals surface area contributed by atoms with Crippen molar-refractivity contribution in [1.29, 1.82) is 0 Å². The molecule has 0 radical (unpaired) electrons. The van der Waals surface area contributed by atoms with Crippen molar-refractivity contribution >= 4 is 29.6 Å². The lowest BCUT2D eigenvalue weighted by Gasteiger charge is -2.10. The second-order valence-electron chi connectivity index (χ2n) is 9.13. The van der Waals surface area contributed by atoms with E-state index in [-0.39, 0.29) is 12.2 Å². The maximum Gasteiger partial charge on any atom is 0.341 e. The number of carbonyl (C=O) groups excluding carboxylic acids is 3. The van der Waals surface area contributed by atoms with Crippen LogP contribution in [0.25, 0.3) is 0 Å². The van der Waals surface area contributed by atoms with Crippen molar-refractivity contribution in [3.63, 3.8) is 0 Å². The first-order valence-corrected chi connectivity index (χ1v) is 13.0. The minimum atomic E-state index is -1.16. The second-order valence-corrected chi connectivity index (χ2v) is 9.13. The molecule has 0 atom stereocenters. The molecule has 4 rings (SSSR count). The van der Waals surface area contributed by atoms with Gasteiger partial charge in [0.1, 0.15) is 11.8 Å². The van der Waals surface area contributed by atoms with Crippen molar-refractivity contribution < 1.29 is 37.6 Å². The molecular formula is C28H34F2N2O7. The molecule has 0 amide bonds. The number of anilines is 1. The van der Waals surface area contributed by atoms with Crippen LogP contribution in [0.2, 0.25) is 0 Å². The maximum atomic E-state index is 14.1. The van der Waals surface area contributed by atoms with E-state index in [0.29, 0.717) is 30.6 Å². The number of hydrogen-bond donors (Lipinski definition) is 1. The van der Waals surface area contributed by atoms with Gasteiger partial charge in [0.05, 0.1) is 29.4 Å². The molecule has 2 aromatic carbocycles. The van der Waals surface area contributed by atoms with Crippen LogP contribution in [0.15, 0.2) is 36.4 Å². The van der Waals surface area contributed by atoms with Gasteiger partial charge in [-0.3, -0.25) is 10.1 Å². The highest BCUT2D eigenvalue weighted by molar-refractivity contribution is 5.91. The summed E-state index contributed by atoms with van der Waals surface area (Å²) in [5.41, 5.74) is -0.759. The lowest BCUT2D eigenvalue weighted by Crippen LogP contribution is -2.11. The Kier molecular flexibility index (Phi) is 13.0. The molecule has 0 spiro atoms. The highest BCUT2D eigenvalue weighted by Crippen LogP contribution is 2.30. The van der Waals surface area contributed by atoms with Crippen molar-refractivity contribution in [1.82, 2.24) is 0 Å². The summed E-state index contributed by atoms with van der Waals surface area (Å²) in [5, 5.41) is 13.5. The van der Waals surface area contributed by atoms with Gasteiger partial charge in [-0.15, -0.1) is 0 Å². The zero-order valence-corrected chi connectivity index (χ0v) is 22.1.